The largest absolute Gasteiger partial charge is 0.493 e. The quantitative estimate of drug-likeness (QED) is 0.505. The number of nitrogens with one attached hydrogen (secondary N) is 2. The van der Waals surface area contributed by atoms with Gasteiger partial charge in [-0.15, -0.1) is 0 Å². The van der Waals surface area contributed by atoms with Crippen molar-refractivity contribution < 1.29 is 9.47 Å². The smallest absolute Gasteiger partial charge is 0.191 e. The van der Waals surface area contributed by atoms with Crippen LogP contribution in [0.4, 0.5) is 5.69 Å². The number of thiocarbonyl (C=S) groups is 1. The zero-order chi connectivity index (χ0) is 15.8. The van der Waals surface area contributed by atoms with Crippen LogP contribution in [-0.4, -0.2) is 25.5 Å². The summed E-state index contributed by atoms with van der Waals surface area (Å²) in [6, 6.07) is 15.2. The van der Waals surface area contributed by atoms with Gasteiger partial charge in [0, 0.05) is 11.3 Å². The third-order valence-electron chi connectivity index (χ3n) is 2.83. The first-order valence-corrected chi connectivity index (χ1v) is 7.01. The minimum Gasteiger partial charge on any atom is -0.493 e. The van der Waals surface area contributed by atoms with Gasteiger partial charge in [0.2, 0.25) is 0 Å². The van der Waals surface area contributed by atoms with Crippen molar-refractivity contribution >= 4 is 29.2 Å². The Morgan fingerprint density at radius 3 is 2.50 bits per heavy atom. The molecule has 0 fully saturated rings. The number of para-hydroxylation sites is 2. The van der Waals surface area contributed by atoms with Gasteiger partial charge in [-0.2, -0.15) is 5.10 Å². The van der Waals surface area contributed by atoms with Gasteiger partial charge in [-0.3, -0.25) is 5.43 Å². The van der Waals surface area contributed by atoms with Crippen LogP contribution in [0.25, 0.3) is 0 Å². The Balaban J connectivity index is 1.99. The maximum atomic E-state index is 5.33. The van der Waals surface area contributed by atoms with E-state index in [1.54, 1.807) is 20.4 Å². The summed E-state index contributed by atoms with van der Waals surface area (Å²) in [6.07, 6.45) is 1.63. The van der Waals surface area contributed by atoms with E-state index in [9.17, 15) is 0 Å². The lowest BCUT2D eigenvalue weighted by Gasteiger charge is -2.10. The van der Waals surface area contributed by atoms with Crippen LogP contribution in [0, 0.1) is 0 Å². The molecule has 0 bridgehead atoms. The Hall–Kier alpha value is -2.60. The lowest BCUT2D eigenvalue weighted by molar-refractivity contribution is 0.354. The molecule has 0 aliphatic heterocycles. The van der Waals surface area contributed by atoms with Gasteiger partial charge in [-0.05, 0) is 36.5 Å². The molecule has 2 N–H and O–H groups in total. The lowest BCUT2D eigenvalue weighted by atomic mass is 10.2. The van der Waals surface area contributed by atoms with Gasteiger partial charge in [-0.1, -0.05) is 24.3 Å². The number of hydrazone groups is 1. The van der Waals surface area contributed by atoms with Crippen LogP contribution in [0.3, 0.4) is 0 Å². The molecule has 0 unspecified atom stereocenters. The molecule has 2 aromatic carbocycles. The topological polar surface area (TPSA) is 54.9 Å². The van der Waals surface area contributed by atoms with Gasteiger partial charge in [0.1, 0.15) is 0 Å². The van der Waals surface area contributed by atoms with Crippen molar-refractivity contribution in [2.75, 3.05) is 19.5 Å². The molecule has 0 heterocycles. The Bertz CT molecular complexity index is 660. The summed E-state index contributed by atoms with van der Waals surface area (Å²) in [5.41, 5.74) is 4.45. The van der Waals surface area contributed by atoms with E-state index in [1.807, 2.05) is 48.5 Å². The monoisotopic (exact) mass is 315 g/mol. The molecule has 0 aliphatic carbocycles. The Morgan fingerprint density at radius 1 is 1.05 bits per heavy atom. The Labute approximate surface area is 134 Å². The number of methoxy groups -OCH3 is 2. The van der Waals surface area contributed by atoms with E-state index in [0.717, 1.165) is 11.3 Å². The number of hydrogen-bond acceptors (Lipinski definition) is 4. The summed E-state index contributed by atoms with van der Waals surface area (Å²) in [7, 11) is 3.18. The summed E-state index contributed by atoms with van der Waals surface area (Å²) in [5.74, 6) is 1.27. The van der Waals surface area contributed by atoms with E-state index < -0.39 is 0 Å². The first-order chi connectivity index (χ1) is 10.7. The van der Waals surface area contributed by atoms with Crippen molar-refractivity contribution in [3.05, 3.63) is 54.1 Å². The fraction of sp³-hybridized carbons (Fsp3) is 0.125. The third-order valence-corrected chi connectivity index (χ3v) is 3.03. The van der Waals surface area contributed by atoms with Gasteiger partial charge in [-0.25, -0.2) is 0 Å². The first kappa shape index (κ1) is 15.8. The average molecular weight is 315 g/mol. The molecule has 0 atom stereocenters. The Morgan fingerprint density at radius 2 is 1.82 bits per heavy atom. The fourth-order valence-corrected chi connectivity index (χ4v) is 2.03. The zero-order valence-electron chi connectivity index (χ0n) is 12.4. The van der Waals surface area contributed by atoms with Crippen LogP contribution in [0.15, 0.2) is 53.6 Å². The normalized spacial score (nSPS) is 10.3. The van der Waals surface area contributed by atoms with Crippen molar-refractivity contribution in [2.45, 2.75) is 0 Å². The summed E-state index contributed by atoms with van der Waals surface area (Å²) >= 11 is 5.17. The van der Waals surface area contributed by atoms with Crippen molar-refractivity contribution in [3.8, 4) is 11.5 Å². The van der Waals surface area contributed by atoms with Crippen LogP contribution >= 0.6 is 12.2 Å². The first-order valence-electron chi connectivity index (χ1n) is 6.60. The van der Waals surface area contributed by atoms with E-state index in [0.29, 0.717) is 16.6 Å². The van der Waals surface area contributed by atoms with E-state index in [2.05, 4.69) is 15.8 Å². The van der Waals surface area contributed by atoms with Gasteiger partial charge < -0.3 is 14.8 Å². The highest BCUT2D eigenvalue weighted by molar-refractivity contribution is 7.80. The molecule has 0 aromatic heterocycles. The van der Waals surface area contributed by atoms with Crippen LogP contribution in [0.1, 0.15) is 5.56 Å². The summed E-state index contributed by atoms with van der Waals surface area (Å²) in [5, 5.41) is 7.54. The molecule has 2 aromatic rings. The highest BCUT2D eigenvalue weighted by Gasteiger charge is 2.07. The molecule has 0 aliphatic rings. The maximum absolute atomic E-state index is 5.33. The van der Waals surface area contributed by atoms with Crippen molar-refractivity contribution in [1.29, 1.82) is 0 Å². The molecule has 0 spiro atoms. The molecule has 114 valence electrons. The second-order valence-electron chi connectivity index (χ2n) is 4.27. The van der Waals surface area contributed by atoms with Crippen molar-refractivity contribution in [2.24, 2.45) is 5.10 Å². The average Bonchev–Trinajstić information content (AvgIpc) is 2.55. The van der Waals surface area contributed by atoms with Crippen molar-refractivity contribution in [3.63, 3.8) is 0 Å². The molecule has 0 amide bonds. The SMILES string of the molecule is COc1cccc(/C=N/NC(=S)Nc2ccccc2)c1OC. The minimum absolute atomic E-state index is 0.407. The second-order valence-corrected chi connectivity index (χ2v) is 4.68. The maximum Gasteiger partial charge on any atom is 0.191 e. The highest BCUT2D eigenvalue weighted by Crippen LogP contribution is 2.29. The van der Waals surface area contributed by atoms with Crippen LogP contribution in [0.5, 0.6) is 11.5 Å². The predicted octanol–water partition coefficient (Wildman–Crippen LogP) is 3.02. The van der Waals surface area contributed by atoms with E-state index >= 15 is 0 Å². The number of rotatable bonds is 5. The standard InChI is InChI=1S/C16H17N3O2S/c1-20-14-10-6-7-12(15(14)21-2)11-17-19-16(22)18-13-8-4-3-5-9-13/h3-11H,1-2H3,(H2,18,19,22)/b17-11+. The molecule has 5 nitrogen and oxygen atoms in total. The van der Waals surface area contributed by atoms with Crippen molar-refractivity contribution in [1.82, 2.24) is 5.43 Å². The molecular formula is C16H17N3O2S. The predicted molar refractivity (Wildman–Crippen MR) is 92.9 cm³/mol. The van der Waals surface area contributed by atoms with E-state index in [-0.39, 0.29) is 0 Å². The van der Waals surface area contributed by atoms with Gasteiger partial charge in [0.05, 0.1) is 20.4 Å². The van der Waals surface area contributed by atoms with Crippen LogP contribution < -0.4 is 20.2 Å². The summed E-state index contributed by atoms with van der Waals surface area (Å²) in [4.78, 5) is 0. The number of hydrogen-bond donors (Lipinski definition) is 2. The third kappa shape index (κ3) is 4.20. The van der Waals surface area contributed by atoms with E-state index in [4.69, 9.17) is 21.7 Å². The molecule has 2 rings (SSSR count). The molecule has 0 radical (unpaired) electrons. The molecule has 0 saturated carbocycles. The van der Waals surface area contributed by atoms with Gasteiger partial charge in [0.15, 0.2) is 16.6 Å². The zero-order valence-corrected chi connectivity index (χ0v) is 13.2. The molecular weight excluding hydrogens is 298 g/mol. The van der Waals surface area contributed by atoms with Gasteiger partial charge in [0.25, 0.3) is 0 Å². The lowest BCUT2D eigenvalue weighted by Crippen LogP contribution is -2.23. The summed E-state index contributed by atoms with van der Waals surface area (Å²) in [6.45, 7) is 0. The van der Waals surface area contributed by atoms with Gasteiger partial charge >= 0.3 is 0 Å². The highest BCUT2D eigenvalue weighted by atomic mass is 32.1. The van der Waals surface area contributed by atoms with Crippen LogP contribution in [0.2, 0.25) is 0 Å². The molecule has 22 heavy (non-hydrogen) atoms. The number of nitrogens with zero attached hydrogens (tertiary/aromatic N) is 1. The molecule has 0 saturated heterocycles. The number of ether oxygens (including phenoxy) is 2. The van der Waals surface area contributed by atoms with Crippen LogP contribution in [-0.2, 0) is 0 Å². The Kier molecular flexibility index (Phi) is 5.73. The van der Waals surface area contributed by atoms with E-state index in [1.165, 1.54) is 0 Å². The molecule has 6 heteroatoms. The summed E-state index contributed by atoms with van der Waals surface area (Å²) < 4.78 is 10.6. The number of benzene rings is 2. The minimum atomic E-state index is 0.407. The second kappa shape index (κ2) is 7.99. The fourth-order valence-electron chi connectivity index (χ4n) is 1.85. The number of anilines is 1.